The maximum absolute atomic E-state index is 11.9. The number of benzene rings is 1. The van der Waals surface area contributed by atoms with Crippen LogP contribution in [0.4, 0.5) is 0 Å². The highest BCUT2D eigenvalue weighted by Gasteiger charge is 2.50. The Hall–Kier alpha value is -1.63. The van der Waals surface area contributed by atoms with E-state index in [1.807, 2.05) is 0 Å². The summed E-state index contributed by atoms with van der Waals surface area (Å²) in [6, 6.07) is 8.34. The van der Waals surface area contributed by atoms with E-state index in [4.69, 9.17) is 9.47 Å². The van der Waals surface area contributed by atoms with Gasteiger partial charge in [-0.05, 0) is 75.9 Å². The predicted molar refractivity (Wildman–Crippen MR) is 120 cm³/mol. The first-order chi connectivity index (χ1) is 15.1. The van der Waals surface area contributed by atoms with Gasteiger partial charge in [0.1, 0.15) is 5.75 Å². The molecule has 3 aliphatic heterocycles. The molecule has 0 aliphatic carbocycles. The van der Waals surface area contributed by atoms with E-state index in [0.29, 0.717) is 19.8 Å². The minimum absolute atomic E-state index is 0.124. The number of piperidine rings is 1. The van der Waals surface area contributed by atoms with Gasteiger partial charge in [-0.3, -0.25) is 9.69 Å². The fourth-order valence-electron chi connectivity index (χ4n) is 5.58. The molecule has 172 valence electrons. The molecule has 0 saturated carbocycles. The highest BCUT2D eigenvalue weighted by atomic mass is 16.5. The van der Waals surface area contributed by atoms with E-state index in [1.165, 1.54) is 50.9 Å². The highest BCUT2D eigenvalue weighted by Crippen LogP contribution is 2.44. The fourth-order valence-corrected chi connectivity index (χ4v) is 5.58. The van der Waals surface area contributed by atoms with E-state index in [1.54, 1.807) is 0 Å². The molecular formula is C25H38N2O4. The second-order valence-electron chi connectivity index (χ2n) is 9.64. The van der Waals surface area contributed by atoms with Gasteiger partial charge in [0.25, 0.3) is 0 Å². The molecule has 6 heteroatoms. The van der Waals surface area contributed by atoms with Crippen molar-refractivity contribution in [2.24, 2.45) is 11.3 Å². The number of carboxylic acid groups (broad SMARTS) is 1. The molecule has 4 rings (SSSR count). The number of carboxylic acids is 1. The Morgan fingerprint density at radius 3 is 2.52 bits per heavy atom. The summed E-state index contributed by atoms with van der Waals surface area (Å²) in [7, 11) is 0. The standard InChI is InChI=1S/C25H38N2O4/c28-24(29)23-19-27(20-25(23)10-16-30-17-11-25)18-21-6-8-22(9-7-21)31-15-5-4-14-26-12-2-1-3-13-26/h6-9,23H,1-5,10-20H2,(H,28,29). The zero-order valence-corrected chi connectivity index (χ0v) is 18.8. The van der Waals surface area contributed by atoms with Gasteiger partial charge in [-0.25, -0.2) is 0 Å². The molecule has 0 bridgehead atoms. The van der Waals surface area contributed by atoms with E-state index in [9.17, 15) is 9.90 Å². The Balaban J connectivity index is 1.20. The Labute approximate surface area is 186 Å². The normalized spacial score (nSPS) is 24.5. The smallest absolute Gasteiger partial charge is 0.308 e. The van der Waals surface area contributed by atoms with Gasteiger partial charge in [0.2, 0.25) is 0 Å². The van der Waals surface area contributed by atoms with Crippen molar-refractivity contribution in [3.05, 3.63) is 29.8 Å². The van der Waals surface area contributed by atoms with Crippen molar-refractivity contribution >= 4 is 5.97 Å². The lowest BCUT2D eigenvalue weighted by Gasteiger charge is -2.36. The Bertz CT molecular complexity index is 696. The summed E-state index contributed by atoms with van der Waals surface area (Å²) in [5.41, 5.74) is 1.09. The molecule has 3 fully saturated rings. The first kappa shape index (κ1) is 22.6. The Kier molecular flexibility index (Phi) is 7.86. The molecule has 0 amide bonds. The number of rotatable bonds is 9. The first-order valence-corrected chi connectivity index (χ1v) is 12.1. The topological polar surface area (TPSA) is 62.2 Å². The van der Waals surface area contributed by atoms with Crippen LogP contribution in [0.25, 0.3) is 0 Å². The third kappa shape index (κ3) is 5.99. The number of aliphatic carboxylic acids is 1. The highest BCUT2D eigenvalue weighted by molar-refractivity contribution is 5.72. The second kappa shape index (κ2) is 10.8. The molecule has 6 nitrogen and oxygen atoms in total. The lowest BCUT2D eigenvalue weighted by Crippen LogP contribution is -2.40. The quantitative estimate of drug-likeness (QED) is 0.604. The zero-order chi connectivity index (χ0) is 21.5. The van der Waals surface area contributed by atoms with Gasteiger partial charge in [0.15, 0.2) is 0 Å². The summed E-state index contributed by atoms with van der Waals surface area (Å²) in [6.07, 6.45) is 8.09. The average molecular weight is 431 g/mol. The fraction of sp³-hybridized carbons (Fsp3) is 0.720. The van der Waals surface area contributed by atoms with Crippen molar-refractivity contribution in [3.63, 3.8) is 0 Å². The van der Waals surface area contributed by atoms with Gasteiger partial charge >= 0.3 is 5.97 Å². The number of unbranched alkanes of at least 4 members (excludes halogenated alkanes) is 1. The molecule has 3 aliphatic rings. The van der Waals surface area contributed by atoms with Crippen LogP contribution in [0.2, 0.25) is 0 Å². The summed E-state index contributed by atoms with van der Waals surface area (Å²) < 4.78 is 11.4. The predicted octanol–water partition coefficient (Wildman–Crippen LogP) is 3.64. The van der Waals surface area contributed by atoms with E-state index >= 15 is 0 Å². The van der Waals surface area contributed by atoms with Crippen molar-refractivity contribution in [1.29, 1.82) is 0 Å². The zero-order valence-electron chi connectivity index (χ0n) is 18.8. The van der Waals surface area contributed by atoms with Crippen molar-refractivity contribution < 1.29 is 19.4 Å². The number of hydrogen-bond acceptors (Lipinski definition) is 5. The molecule has 0 radical (unpaired) electrons. The van der Waals surface area contributed by atoms with E-state index in [2.05, 4.69) is 34.1 Å². The van der Waals surface area contributed by atoms with Crippen LogP contribution < -0.4 is 4.74 Å². The number of ether oxygens (including phenoxy) is 2. The first-order valence-electron chi connectivity index (χ1n) is 12.1. The SMILES string of the molecule is O=C(O)C1CN(Cc2ccc(OCCCCN3CCCCC3)cc2)CC12CCOCC2. The van der Waals surface area contributed by atoms with Crippen LogP contribution in [-0.4, -0.2) is 73.4 Å². The van der Waals surface area contributed by atoms with Crippen molar-refractivity contribution in [2.45, 2.75) is 51.5 Å². The van der Waals surface area contributed by atoms with Crippen molar-refractivity contribution in [2.75, 3.05) is 52.5 Å². The van der Waals surface area contributed by atoms with E-state index in [0.717, 1.165) is 44.7 Å². The molecule has 1 spiro atoms. The van der Waals surface area contributed by atoms with Gasteiger partial charge in [-0.2, -0.15) is 0 Å². The van der Waals surface area contributed by atoms with Crippen LogP contribution in [0.1, 0.15) is 50.5 Å². The maximum Gasteiger partial charge on any atom is 0.308 e. The molecule has 3 heterocycles. The van der Waals surface area contributed by atoms with Crippen LogP contribution in [0.5, 0.6) is 5.75 Å². The van der Waals surface area contributed by atoms with Gasteiger partial charge in [-0.1, -0.05) is 18.6 Å². The third-order valence-electron chi connectivity index (χ3n) is 7.42. The Morgan fingerprint density at radius 2 is 1.81 bits per heavy atom. The van der Waals surface area contributed by atoms with Gasteiger partial charge in [0.05, 0.1) is 12.5 Å². The van der Waals surface area contributed by atoms with Crippen molar-refractivity contribution in [1.82, 2.24) is 9.80 Å². The largest absolute Gasteiger partial charge is 0.494 e. The average Bonchev–Trinajstić information content (AvgIpc) is 3.13. The second-order valence-corrected chi connectivity index (χ2v) is 9.64. The van der Waals surface area contributed by atoms with Crippen molar-refractivity contribution in [3.8, 4) is 5.75 Å². The van der Waals surface area contributed by atoms with E-state index in [-0.39, 0.29) is 11.3 Å². The summed E-state index contributed by atoms with van der Waals surface area (Å²) in [6.45, 7) is 8.13. The molecule has 1 atom stereocenters. The minimum Gasteiger partial charge on any atom is -0.494 e. The summed E-state index contributed by atoms with van der Waals surface area (Å²) in [4.78, 5) is 16.8. The third-order valence-corrected chi connectivity index (χ3v) is 7.42. The summed E-state index contributed by atoms with van der Waals surface area (Å²) >= 11 is 0. The molecule has 1 aromatic carbocycles. The van der Waals surface area contributed by atoms with Gasteiger partial charge < -0.3 is 19.5 Å². The molecule has 1 aromatic rings. The lowest BCUT2D eigenvalue weighted by atomic mass is 9.72. The molecular weight excluding hydrogens is 392 g/mol. The number of nitrogens with zero attached hydrogens (tertiary/aromatic N) is 2. The monoisotopic (exact) mass is 430 g/mol. The molecule has 1 N–H and O–H groups in total. The molecule has 3 saturated heterocycles. The molecule has 0 aromatic heterocycles. The molecule has 1 unspecified atom stereocenters. The van der Waals surface area contributed by atoms with Crippen LogP contribution in [-0.2, 0) is 16.1 Å². The lowest BCUT2D eigenvalue weighted by molar-refractivity contribution is -0.147. The van der Waals surface area contributed by atoms with Crippen LogP contribution in [0.15, 0.2) is 24.3 Å². The summed E-state index contributed by atoms with van der Waals surface area (Å²) in [5.74, 6) is -0.0233. The maximum atomic E-state index is 11.9. The van der Waals surface area contributed by atoms with Crippen LogP contribution in [0.3, 0.4) is 0 Å². The number of hydrogen-bond donors (Lipinski definition) is 1. The minimum atomic E-state index is -0.659. The number of likely N-dealkylation sites (tertiary alicyclic amines) is 2. The van der Waals surface area contributed by atoms with Crippen LogP contribution in [0, 0.1) is 11.3 Å². The van der Waals surface area contributed by atoms with Crippen LogP contribution >= 0.6 is 0 Å². The number of carbonyl (C=O) groups is 1. The summed E-state index contributed by atoms with van der Waals surface area (Å²) in [5, 5.41) is 9.76. The van der Waals surface area contributed by atoms with Gasteiger partial charge in [0, 0.05) is 38.3 Å². The van der Waals surface area contributed by atoms with Gasteiger partial charge in [-0.15, -0.1) is 0 Å². The Morgan fingerprint density at radius 1 is 1.06 bits per heavy atom. The molecule has 31 heavy (non-hydrogen) atoms. The van der Waals surface area contributed by atoms with E-state index < -0.39 is 5.97 Å².